The summed E-state index contributed by atoms with van der Waals surface area (Å²) in [5, 5.41) is 8.50. The van der Waals surface area contributed by atoms with Crippen LogP contribution in [0.4, 0.5) is 0 Å². The first kappa shape index (κ1) is 15.9. The molecule has 0 saturated carbocycles. The van der Waals surface area contributed by atoms with Crippen LogP contribution < -0.4 is 10.1 Å². The van der Waals surface area contributed by atoms with Gasteiger partial charge in [0.1, 0.15) is 5.75 Å². The molecule has 2 heterocycles. The molecule has 2 aromatic heterocycles. The van der Waals surface area contributed by atoms with Crippen molar-refractivity contribution >= 4 is 39.8 Å². The number of carbonyl (C=O) groups excluding carboxylic acids is 1. The molecule has 0 spiro atoms. The van der Waals surface area contributed by atoms with Crippen LogP contribution in [0.15, 0.2) is 46.3 Å². The Labute approximate surface area is 150 Å². The highest BCUT2D eigenvalue weighted by atomic mass is 127. The molecule has 0 unspecified atom stereocenters. The van der Waals surface area contributed by atoms with Crippen molar-refractivity contribution in [3.8, 4) is 16.5 Å². The SMILES string of the molecule is O=C(COc1ccc(I)cc1)NCc1nc(-c2cccs2)no1. The van der Waals surface area contributed by atoms with Gasteiger partial charge in [0, 0.05) is 3.57 Å². The summed E-state index contributed by atoms with van der Waals surface area (Å²) in [6, 6.07) is 11.3. The summed E-state index contributed by atoms with van der Waals surface area (Å²) in [5.74, 6) is 1.29. The average molecular weight is 441 g/mol. The predicted octanol–water partition coefficient (Wildman–Crippen LogP) is 3.10. The van der Waals surface area contributed by atoms with E-state index in [9.17, 15) is 4.79 Å². The van der Waals surface area contributed by atoms with Crippen LogP contribution in [-0.2, 0) is 11.3 Å². The fourth-order valence-corrected chi connectivity index (χ4v) is 2.75. The highest BCUT2D eigenvalue weighted by molar-refractivity contribution is 14.1. The van der Waals surface area contributed by atoms with Gasteiger partial charge < -0.3 is 14.6 Å². The molecule has 1 aromatic carbocycles. The Hall–Kier alpha value is -1.94. The molecule has 8 heteroatoms. The minimum absolute atomic E-state index is 0.0630. The minimum Gasteiger partial charge on any atom is -0.484 e. The van der Waals surface area contributed by atoms with Crippen molar-refractivity contribution in [2.75, 3.05) is 6.61 Å². The summed E-state index contributed by atoms with van der Waals surface area (Å²) in [7, 11) is 0. The van der Waals surface area contributed by atoms with Crippen molar-refractivity contribution in [3.05, 3.63) is 51.2 Å². The molecule has 0 atom stereocenters. The third-order valence-electron chi connectivity index (χ3n) is 2.83. The number of amides is 1. The van der Waals surface area contributed by atoms with E-state index in [1.807, 2.05) is 41.8 Å². The van der Waals surface area contributed by atoms with Gasteiger partial charge in [0.05, 0.1) is 11.4 Å². The maximum absolute atomic E-state index is 11.8. The van der Waals surface area contributed by atoms with Crippen LogP contribution in [0.3, 0.4) is 0 Å². The third-order valence-corrected chi connectivity index (χ3v) is 4.41. The van der Waals surface area contributed by atoms with Crippen LogP contribution >= 0.6 is 33.9 Å². The summed E-state index contributed by atoms with van der Waals surface area (Å²) < 4.78 is 11.6. The predicted molar refractivity (Wildman–Crippen MR) is 94.1 cm³/mol. The number of halogens is 1. The van der Waals surface area contributed by atoms with E-state index in [4.69, 9.17) is 9.26 Å². The molecule has 1 amide bonds. The fraction of sp³-hybridized carbons (Fsp3) is 0.133. The molecule has 0 aliphatic heterocycles. The van der Waals surface area contributed by atoms with Gasteiger partial charge in [-0.25, -0.2) is 0 Å². The molecule has 1 N–H and O–H groups in total. The Bertz CT molecular complexity index is 772. The number of thiophene rings is 1. The second-order valence-electron chi connectivity index (χ2n) is 4.51. The monoisotopic (exact) mass is 441 g/mol. The van der Waals surface area contributed by atoms with Crippen molar-refractivity contribution in [1.29, 1.82) is 0 Å². The maximum Gasteiger partial charge on any atom is 0.258 e. The number of nitrogens with zero attached hydrogens (tertiary/aromatic N) is 2. The molecule has 0 radical (unpaired) electrons. The third kappa shape index (κ3) is 4.52. The lowest BCUT2D eigenvalue weighted by atomic mass is 10.3. The number of ether oxygens (including phenoxy) is 1. The second kappa shape index (κ2) is 7.55. The summed E-state index contributed by atoms with van der Waals surface area (Å²) in [6.07, 6.45) is 0. The lowest BCUT2D eigenvalue weighted by Gasteiger charge is -2.06. The Morgan fingerprint density at radius 2 is 2.13 bits per heavy atom. The van der Waals surface area contributed by atoms with Gasteiger partial charge in [0.15, 0.2) is 6.61 Å². The molecule has 0 aliphatic rings. The Morgan fingerprint density at radius 3 is 2.87 bits per heavy atom. The van der Waals surface area contributed by atoms with Crippen LogP contribution in [0.25, 0.3) is 10.7 Å². The van der Waals surface area contributed by atoms with Crippen molar-refractivity contribution in [1.82, 2.24) is 15.5 Å². The van der Waals surface area contributed by atoms with Crippen LogP contribution in [0.2, 0.25) is 0 Å². The van der Waals surface area contributed by atoms with Gasteiger partial charge in [-0.1, -0.05) is 11.2 Å². The average Bonchev–Trinajstić information content (AvgIpc) is 3.23. The molecule has 0 bridgehead atoms. The molecule has 0 saturated heterocycles. The number of hydrogen-bond acceptors (Lipinski definition) is 6. The number of aromatic nitrogens is 2. The van der Waals surface area contributed by atoms with Crippen molar-refractivity contribution in [3.63, 3.8) is 0 Å². The first-order valence-electron chi connectivity index (χ1n) is 6.72. The van der Waals surface area contributed by atoms with E-state index in [1.54, 1.807) is 0 Å². The standard InChI is InChI=1S/C15H12IN3O3S/c16-10-3-5-11(6-4-10)21-9-13(20)17-8-14-18-15(19-22-14)12-2-1-7-23-12/h1-7H,8-9H2,(H,17,20). The molecule has 0 aliphatic carbocycles. The molecule has 23 heavy (non-hydrogen) atoms. The van der Waals surface area contributed by atoms with Crippen LogP contribution in [0.1, 0.15) is 5.89 Å². The zero-order valence-corrected chi connectivity index (χ0v) is 14.8. The molecule has 3 rings (SSSR count). The Kier molecular flexibility index (Phi) is 5.23. The first-order valence-corrected chi connectivity index (χ1v) is 8.68. The van der Waals surface area contributed by atoms with Crippen molar-refractivity contribution in [2.45, 2.75) is 6.54 Å². The van der Waals surface area contributed by atoms with Crippen LogP contribution in [0, 0.1) is 3.57 Å². The van der Waals surface area contributed by atoms with Gasteiger partial charge in [0.2, 0.25) is 11.7 Å². The van der Waals surface area contributed by atoms with Crippen LogP contribution in [-0.4, -0.2) is 22.7 Å². The van der Waals surface area contributed by atoms with Crippen LogP contribution in [0.5, 0.6) is 5.75 Å². The number of rotatable bonds is 6. The molecule has 118 valence electrons. The number of hydrogen-bond donors (Lipinski definition) is 1. The zero-order valence-electron chi connectivity index (χ0n) is 11.9. The summed E-state index contributed by atoms with van der Waals surface area (Å²) in [4.78, 5) is 16.9. The van der Waals surface area contributed by atoms with Crippen molar-refractivity contribution in [2.24, 2.45) is 0 Å². The van der Waals surface area contributed by atoms with E-state index in [0.717, 1.165) is 8.45 Å². The van der Waals surface area contributed by atoms with E-state index in [-0.39, 0.29) is 19.1 Å². The number of carbonyl (C=O) groups is 1. The van der Waals surface area contributed by atoms with Gasteiger partial charge in [-0.05, 0) is 58.3 Å². The quantitative estimate of drug-likeness (QED) is 0.595. The van der Waals surface area contributed by atoms with E-state index < -0.39 is 0 Å². The van der Waals surface area contributed by atoms with E-state index >= 15 is 0 Å². The van der Waals surface area contributed by atoms with E-state index in [1.165, 1.54) is 11.3 Å². The summed E-state index contributed by atoms with van der Waals surface area (Å²) in [5.41, 5.74) is 0. The minimum atomic E-state index is -0.251. The zero-order chi connectivity index (χ0) is 16.1. The Morgan fingerprint density at radius 1 is 1.30 bits per heavy atom. The largest absolute Gasteiger partial charge is 0.484 e. The van der Waals surface area contributed by atoms with Crippen molar-refractivity contribution < 1.29 is 14.1 Å². The smallest absolute Gasteiger partial charge is 0.258 e. The van der Waals surface area contributed by atoms with Gasteiger partial charge in [-0.15, -0.1) is 11.3 Å². The highest BCUT2D eigenvalue weighted by Gasteiger charge is 2.10. The normalized spacial score (nSPS) is 10.5. The lowest BCUT2D eigenvalue weighted by molar-refractivity contribution is -0.123. The number of benzene rings is 1. The fourth-order valence-electron chi connectivity index (χ4n) is 1.74. The molecular formula is C15H12IN3O3S. The molecular weight excluding hydrogens is 429 g/mol. The van der Waals surface area contributed by atoms with Gasteiger partial charge in [-0.3, -0.25) is 4.79 Å². The lowest BCUT2D eigenvalue weighted by Crippen LogP contribution is -2.28. The maximum atomic E-state index is 11.8. The van der Waals surface area contributed by atoms with E-state index in [2.05, 4.69) is 38.0 Å². The van der Waals surface area contributed by atoms with Gasteiger partial charge in [0.25, 0.3) is 5.91 Å². The first-order chi connectivity index (χ1) is 11.2. The summed E-state index contributed by atoms with van der Waals surface area (Å²) >= 11 is 3.73. The highest BCUT2D eigenvalue weighted by Crippen LogP contribution is 2.21. The molecule has 6 nitrogen and oxygen atoms in total. The second-order valence-corrected chi connectivity index (χ2v) is 6.70. The topological polar surface area (TPSA) is 77.2 Å². The molecule has 3 aromatic rings. The van der Waals surface area contributed by atoms with E-state index in [0.29, 0.717) is 17.5 Å². The summed E-state index contributed by atoms with van der Waals surface area (Å²) in [6.45, 7) is 0.111. The Balaban J connectivity index is 1.46. The van der Waals surface area contributed by atoms with Gasteiger partial charge in [-0.2, -0.15) is 4.98 Å². The molecule has 0 fully saturated rings. The van der Waals surface area contributed by atoms with Gasteiger partial charge >= 0.3 is 0 Å². The number of nitrogens with one attached hydrogen (secondary N) is 1.